The fourth-order valence-electron chi connectivity index (χ4n) is 2.13. The molecule has 0 saturated carbocycles. The van der Waals surface area contributed by atoms with Gasteiger partial charge < -0.3 is 10.5 Å². The van der Waals surface area contributed by atoms with Crippen molar-refractivity contribution in [2.45, 2.75) is 31.7 Å². The van der Waals surface area contributed by atoms with Gasteiger partial charge in [0.2, 0.25) is 5.91 Å². The first kappa shape index (κ1) is 18.4. The smallest absolute Gasteiger partial charge is 0.227 e. The van der Waals surface area contributed by atoms with Gasteiger partial charge in [-0.1, -0.05) is 29.4 Å². The average Bonchev–Trinajstić information content (AvgIpc) is 2.91. The number of benzene rings is 1. The average molecular weight is 367 g/mol. The molecule has 2 aromatic rings. The van der Waals surface area contributed by atoms with E-state index in [0.717, 1.165) is 11.3 Å². The van der Waals surface area contributed by atoms with Crippen molar-refractivity contribution in [2.24, 2.45) is 5.73 Å². The molecule has 0 unspecified atom stereocenters. The van der Waals surface area contributed by atoms with E-state index in [9.17, 15) is 4.79 Å². The number of halogens is 1. The van der Waals surface area contributed by atoms with Gasteiger partial charge in [0.15, 0.2) is 17.1 Å². The molecule has 1 aromatic heterocycles. The number of rotatable bonds is 8. The van der Waals surface area contributed by atoms with Crippen molar-refractivity contribution in [3.05, 3.63) is 47.3 Å². The number of nitrogens with zero attached hydrogens (tertiary/aromatic N) is 3. The molecule has 0 radical (unpaired) electrons. The van der Waals surface area contributed by atoms with Crippen molar-refractivity contribution in [3.8, 4) is 5.75 Å². The van der Waals surface area contributed by atoms with E-state index in [0.29, 0.717) is 22.5 Å². The molecule has 0 aliphatic carbocycles. The lowest BCUT2D eigenvalue weighted by molar-refractivity contribution is -0.115. The van der Waals surface area contributed by atoms with Crippen molar-refractivity contribution in [2.75, 3.05) is 5.75 Å². The van der Waals surface area contributed by atoms with Gasteiger partial charge in [-0.05, 0) is 37.6 Å². The summed E-state index contributed by atoms with van der Waals surface area (Å²) in [5.74, 6) is 1.11. The molecule has 1 aromatic carbocycles. The van der Waals surface area contributed by atoms with Crippen LogP contribution in [0, 0.1) is 6.92 Å². The molecule has 2 rings (SSSR count). The molecule has 1 amide bonds. The molecular weight excluding hydrogens is 348 g/mol. The standard InChI is InChI=1S/C16H19ClN4O2S/c1-4-7-21-15(19-20-16(21)24-9-14(18)22)11(3)23-13-6-5-12(17)8-10(13)2/h4-6,8,11H,1,7,9H2,2-3H3,(H2,18,22)/t11-/m0/s1. The highest BCUT2D eigenvalue weighted by atomic mass is 35.5. The molecule has 0 saturated heterocycles. The Hall–Kier alpha value is -1.99. The third-order valence-electron chi connectivity index (χ3n) is 3.20. The van der Waals surface area contributed by atoms with Crippen LogP contribution in [-0.4, -0.2) is 26.4 Å². The summed E-state index contributed by atoms with van der Waals surface area (Å²) in [7, 11) is 0. The fourth-order valence-corrected chi connectivity index (χ4v) is 3.05. The van der Waals surface area contributed by atoms with E-state index in [1.807, 2.05) is 30.5 Å². The van der Waals surface area contributed by atoms with Gasteiger partial charge in [-0.2, -0.15) is 0 Å². The lowest BCUT2D eigenvalue weighted by Gasteiger charge is -2.17. The molecule has 0 spiro atoms. The predicted molar refractivity (Wildman–Crippen MR) is 95.4 cm³/mol. The van der Waals surface area contributed by atoms with Crippen molar-refractivity contribution in [1.82, 2.24) is 14.8 Å². The van der Waals surface area contributed by atoms with E-state index in [2.05, 4.69) is 16.8 Å². The molecule has 0 bridgehead atoms. The minimum absolute atomic E-state index is 0.140. The van der Waals surface area contributed by atoms with E-state index in [4.69, 9.17) is 22.1 Å². The molecule has 1 atom stereocenters. The number of aromatic nitrogens is 3. The third kappa shape index (κ3) is 4.52. The maximum atomic E-state index is 11.0. The second kappa shape index (κ2) is 8.21. The Labute approximate surface area is 150 Å². The summed E-state index contributed by atoms with van der Waals surface area (Å²) in [6, 6.07) is 5.44. The van der Waals surface area contributed by atoms with Crippen molar-refractivity contribution < 1.29 is 9.53 Å². The van der Waals surface area contributed by atoms with Crippen LogP contribution >= 0.6 is 23.4 Å². The van der Waals surface area contributed by atoms with Crippen LogP contribution in [0.15, 0.2) is 36.0 Å². The number of primary amides is 1. The molecule has 2 N–H and O–H groups in total. The number of hydrogen-bond donors (Lipinski definition) is 1. The van der Waals surface area contributed by atoms with Crippen LogP contribution in [0.3, 0.4) is 0 Å². The first-order valence-corrected chi connectivity index (χ1v) is 8.66. The number of amides is 1. The van der Waals surface area contributed by atoms with Gasteiger partial charge in [0.25, 0.3) is 0 Å². The predicted octanol–water partition coefficient (Wildman–Crippen LogP) is 3.14. The number of ether oxygens (including phenoxy) is 1. The van der Waals surface area contributed by atoms with Crippen LogP contribution in [0.5, 0.6) is 5.75 Å². The largest absolute Gasteiger partial charge is 0.482 e. The third-order valence-corrected chi connectivity index (χ3v) is 4.43. The Morgan fingerprint density at radius 1 is 1.54 bits per heavy atom. The van der Waals surface area contributed by atoms with Crippen molar-refractivity contribution >= 4 is 29.3 Å². The Morgan fingerprint density at radius 2 is 2.29 bits per heavy atom. The molecule has 24 heavy (non-hydrogen) atoms. The number of aryl methyl sites for hydroxylation is 1. The topological polar surface area (TPSA) is 83.0 Å². The molecule has 8 heteroatoms. The van der Waals surface area contributed by atoms with E-state index in [1.165, 1.54) is 11.8 Å². The van der Waals surface area contributed by atoms with Crippen LogP contribution in [0.25, 0.3) is 0 Å². The van der Waals surface area contributed by atoms with Crippen LogP contribution < -0.4 is 10.5 Å². The van der Waals surface area contributed by atoms with Crippen LogP contribution in [0.1, 0.15) is 24.4 Å². The molecule has 6 nitrogen and oxygen atoms in total. The summed E-state index contributed by atoms with van der Waals surface area (Å²) in [6.07, 6.45) is 1.40. The Bertz CT molecular complexity index is 748. The molecule has 0 fully saturated rings. The number of hydrogen-bond acceptors (Lipinski definition) is 5. The van der Waals surface area contributed by atoms with Gasteiger partial charge in [-0.25, -0.2) is 0 Å². The summed E-state index contributed by atoms with van der Waals surface area (Å²) in [5, 5.41) is 9.59. The van der Waals surface area contributed by atoms with Crippen LogP contribution in [0.4, 0.5) is 0 Å². The molecule has 0 aliphatic rings. The van der Waals surface area contributed by atoms with Gasteiger partial charge in [0.05, 0.1) is 5.75 Å². The maximum Gasteiger partial charge on any atom is 0.227 e. The van der Waals surface area contributed by atoms with Gasteiger partial charge in [-0.3, -0.25) is 9.36 Å². The fraction of sp³-hybridized carbons (Fsp3) is 0.312. The maximum absolute atomic E-state index is 11.0. The Morgan fingerprint density at radius 3 is 2.92 bits per heavy atom. The van der Waals surface area contributed by atoms with Crippen molar-refractivity contribution in [3.63, 3.8) is 0 Å². The van der Waals surface area contributed by atoms with E-state index >= 15 is 0 Å². The summed E-state index contributed by atoms with van der Waals surface area (Å²) in [6.45, 7) is 8.07. The normalized spacial score (nSPS) is 12.0. The zero-order chi connectivity index (χ0) is 17.7. The number of allylic oxidation sites excluding steroid dienone is 1. The highest BCUT2D eigenvalue weighted by Crippen LogP contribution is 2.28. The molecule has 0 aliphatic heterocycles. The second-order valence-corrected chi connectivity index (χ2v) is 6.54. The molecule has 1 heterocycles. The van der Waals surface area contributed by atoms with E-state index in [1.54, 1.807) is 12.1 Å². The Kier molecular flexibility index (Phi) is 6.28. The highest BCUT2D eigenvalue weighted by molar-refractivity contribution is 7.99. The lowest BCUT2D eigenvalue weighted by atomic mass is 10.2. The first-order valence-electron chi connectivity index (χ1n) is 7.30. The second-order valence-electron chi connectivity index (χ2n) is 5.16. The SMILES string of the molecule is C=CCn1c(SCC(N)=O)nnc1[C@H](C)Oc1ccc(Cl)cc1C. The number of carbonyl (C=O) groups is 1. The summed E-state index contributed by atoms with van der Waals surface area (Å²) in [5.41, 5.74) is 6.13. The number of thioether (sulfide) groups is 1. The van der Waals surface area contributed by atoms with E-state index in [-0.39, 0.29) is 11.9 Å². The highest BCUT2D eigenvalue weighted by Gasteiger charge is 2.20. The van der Waals surface area contributed by atoms with Crippen LogP contribution in [0.2, 0.25) is 5.02 Å². The summed E-state index contributed by atoms with van der Waals surface area (Å²) < 4.78 is 7.85. The molecule has 128 valence electrons. The lowest BCUT2D eigenvalue weighted by Crippen LogP contribution is -2.15. The first-order chi connectivity index (χ1) is 11.4. The van der Waals surface area contributed by atoms with E-state index < -0.39 is 5.91 Å². The Balaban J connectivity index is 2.22. The minimum atomic E-state index is -0.407. The summed E-state index contributed by atoms with van der Waals surface area (Å²) in [4.78, 5) is 11.0. The molecular formula is C16H19ClN4O2S. The zero-order valence-corrected chi connectivity index (χ0v) is 15.1. The van der Waals surface area contributed by atoms with Gasteiger partial charge in [0, 0.05) is 11.6 Å². The van der Waals surface area contributed by atoms with Gasteiger partial charge >= 0.3 is 0 Å². The monoisotopic (exact) mass is 366 g/mol. The van der Waals surface area contributed by atoms with Crippen molar-refractivity contribution in [1.29, 1.82) is 0 Å². The number of nitrogens with two attached hydrogens (primary N) is 1. The van der Waals surface area contributed by atoms with Gasteiger partial charge in [-0.15, -0.1) is 16.8 Å². The summed E-state index contributed by atoms with van der Waals surface area (Å²) >= 11 is 7.21. The number of carbonyl (C=O) groups excluding carboxylic acids is 1. The van der Waals surface area contributed by atoms with Crippen LogP contribution in [-0.2, 0) is 11.3 Å². The zero-order valence-electron chi connectivity index (χ0n) is 13.5. The quantitative estimate of drug-likeness (QED) is 0.573. The van der Waals surface area contributed by atoms with Gasteiger partial charge in [0.1, 0.15) is 5.75 Å². The minimum Gasteiger partial charge on any atom is -0.482 e.